The number of carbonyl (C=O) groups excluding carboxylic acids is 1. The molecule has 2 aromatic rings. The van der Waals surface area contributed by atoms with Crippen LogP contribution in [0.3, 0.4) is 0 Å². The van der Waals surface area contributed by atoms with Gasteiger partial charge < -0.3 is 9.47 Å². The number of fused-ring (bicyclic) bond motifs is 2. The molecule has 19 heavy (non-hydrogen) atoms. The van der Waals surface area contributed by atoms with E-state index in [-0.39, 0.29) is 18.7 Å². The molecule has 0 fully saturated rings. The van der Waals surface area contributed by atoms with Crippen LogP contribution in [0.5, 0.6) is 11.5 Å². The van der Waals surface area contributed by atoms with Crippen molar-refractivity contribution in [1.82, 2.24) is 9.47 Å². The number of benzene rings is 1. The number of nitrogens with zero attached hydrogens (tertiary/aromatic N) is 2. The topological polar surface area (TPSA) is 43.7 Å². The Balaban J connectivity index is 2.08. The van der Waals surface area contributed by atoms with Crippen molar-refractivity contribution in [3.05, 3.63) is 24.4 Å². The van der Waals surface area contributed by atoms with E-state index in [1.807, 2.05) is 44.1 Å². The molecule has 0 amide bonds. The van der Waals surface area contributed by atoms with Crippen LogP contribution in [0, 0.1) is 0 Å². The lowest BCUT2D eigenvalue weighted by molar-refractivity contribution is 0.0809. The maximum Gasteiger partial charge on any atom is 0.248 e. The van der Waals surface area contributed by atoms with Gasteiger partial charge in [-0.3, -0.25) is 14.3 Å². The Kier molecular flexibility index (Phi) is 2.71. The van der Waals surface area contributed by atoms with Crippen molar-refractivity contribution >= 4 is 16.8 Å². The summed E-state index contributed by atoms with van der Waals surface area (Å²) in [6.45, 7) is 2.13. The lowest BCUT2D eigenvalue weighted by atomic mass is 10.2. The number of likely N-dealkylation sites (N-methyl/N-ethyl adjacent to an activating group) is 1. The molecule has 0 saturated heterocycles. The zero-order chi connectivity index (χ0) is 13.6. The number of rotatable bonds is 2. The standard InChI is InChI=1S/C14H16N2O3/c1-9(15(2)3)14(17)16-5-4-10-6-12-13(7-11(10)16)19-8-18-12/h4-7,9H,8H2,1-3H3/t9-/m1/s1. The molecule has 1 atom stereocenters. The summed E-state index contributed by atoms with van der Waals surface area (Å²) in [6, 6.07) is 5.50. The molecule has 1 aromatic carbocycles. The van der Waals surface area contributed by atoms with Gasteiger partial charge in [-0.05, 0) is 33.2 Å². The molecule has 1 aromatic heterocycles. The van der Waals surface area contributed by atoms with E-state index in [0.717, 1.165) is 16.7 Å². The van der Waals surface area contributed by atoms with Gasteiger partial charge in [0.25, 0.3) is 0 Å². The van der Waals surface area contributed by atoms with Crippen LogP contribution in [0.15, 0.2) is 24.4 Å². The van der Waals surface area contributed by atoms with Crippen molar-refractivity contribution < 1.29 is 14.3 Å². The maximum absolute atomic E-state index is 12.4. The molecule has 100 valence electrons. The molecule has 0 bridgehead atoms. The fourth-order valence-corrected chi connectivity index (χ4v) is 2.14. The molecule has 1 aliphatic rings. The van der Waals surface area contributed by atoms with Gasteiger partial charge >= 0.3 is 0 Å². The third-order valence-electron chi connectivity index (χ3n) is 3.55. The second-order valence-electron chi connectivity index (χ2n) is 4.93. The minimum atomic E-state index is -0.180. The van der Waals surface area contributed by atoms with Crippen LogP contribution in [0.25, 0.3) is 10.9 Å². The molecule has 5 nitrogen and oxygen atoms in total. The second-order valence-corrected chi connectivity index (χ2v) is 4.93. The molecule has 0 saturated carbocycles. The van der Waals surface area contributed by atoms with E-state index in [2.05, 4.69) is 0 Å². The largest absolute Gasteiger partial charge is 0.454 e. The molecular formula is C14H16N2O3. The molecule has 0 aliphatic carbocycles. The van der Waals surface area contributed by atoms with Gasteiger partial charge in [-0.2, -0.15) is 0 Å². The second kappa shape index (κ2) is 4.28. The van der Waals surface area contributed by atoms with Crippen LogP contribution in [0.4, 0.5) is 0 Å². The summed E-state index contributed by atoms with van der Waals surface area (Å²) in [7, 11) is 3.78. The van der Waals surface area contributed by atoms with Gasteiger partial charge in [-0.15, -0.1) is 0 Å². The first-order valence-corrected chi connectivity index (χ1v) is 6.19. The van der Waals surface area contributed by atoms with Gasteiger partial charge in [0.15, 0.2) is 11.5 Å². The third kappa shape index (κ3) is 1.86. The highest BCUT2D eigenvalue weighted by Gasteiger charge is 2.21. The minimum absolute atomic E-state index is 0.0406. The zero-order valence-electron chi connectivity index (χ0n) is 11.2. The van der Waals surface area contributed by atoms with Crippen LogP contribution in [-0.2, 0) is 0 Å². The monoisotopic (exact) mass is 260 g/mol. The Morgan fingerprint density at radius 3 is 2.68 bits per heavy atom. The fraction of sp³-hybridized carbons (Fsp3) is 0.357. The van der Waals surface area contributed by atoms with Crippen molar-refractivity contribution in [1.29, 1.82) is 0 Å². The van der Waals surface area contributed by atoms with E-state index in [4.69, 9.17) is 9.47 Å². The Labute approximate surface area is 111 Å². The van der Waals surface area contributed by atoms with Crippen LogP contribution in [0.2, 0.25) is 0 Å². The Morgan fingerprint density at radius 1 is 1.32 bits per heavy atom. The van der Waals surface area contributed by atoms with Gasteiger partial charge in [0.1, 0.15) is 0 Å². The lowest BCUT2D eigenvalue weighted by Crippen LogP contribution is -2.36. The smallest absolute Gasteiger partial charge is 0.248 e. The van der Waals surface area contributed by atoms with E-state index in [1.54, 1.807) is 10.8 Å². The average molecular weight is 260 g/mol. The van der Waals surface area contributed by atoms with Gasteiger partial charge in [-0.1, -0.05) is 0 Å². The van der Waals surface area contributed by atoms with E-state index >= 15 is 0 Å². The molecule has 5 heteroatoms. The normalized spacial score (nSPS) is 15.2. The number of hydrogen-bond donors (Lipinski definition) is 0. The predicted octanol–water partition coefficient (Wildman–Crippen LogP) is 1.96. The first kappa shape index (κ1) is 12.0. The van der Waals surface area contributed by atoms with E-state index in [0.29, 0.717) is 5.75 Å². The fourth-order valence-electron chi connectivity index (χ4n) is 2.14. The van der Waals surface area contributed by atoms with Crippen LogP contribution in [0.1, 0.15) is 11.7 Å². The molecule has 0 spiro atoms. The van der Waals surface area contributed by atoms with Gasteiger partial charge in [-0.25, -0.2) is 0 Å². The number of hydrogen-bond acceptors (Lipinski definition) is 4. The summed E-state index contributed by atoms with van der Waals surface area (Å²) in [5.74, 6) is 1.47. The highest BCUT2D eigenvalue weighted by atomic mass is 16.7. The van der Waals surface area contributed by atoms with Crippen LogP contribution < -0.4 is 9.47 Å². The predicted molar refractivity (Wildman–Crippen MR) is 71.8 cm³/mol. The van der Waals surface area contributed by atoms with Gasteiger partial charge in [0, 0.05) is 17.6 Å². The maximum atomic E-state index is 12.4. The van der Waals surface area contributed by atoms with E-state index < -0.39 is 0 Å². The van der Waals surface area contributed by atoms with Crippen LogP contribution in [-0.4, -0.2) is 42.3 Å². The highest BCUT2D eigenvalue weighted by molar-refractivity contribution is 5.96. The molecule has 0 radical (unpaired) electrons. The molecule has 1 aliphatic heterocycles. The van der Waals surface area contributed by atoms with Crippen molar-refractivity contribution in [3.63, 3.8) is 0 Å². The Morgan fingerprint density at radius 2 is 2.00 bits per heavy atom. The number of aromatic nitrogens is 1. The summed E-state index contributed by atoms with van der Waals surface area (Å²) < 4.78 is 12.4. The Hall–Kier alpha value is -2.01. The summed E-state index contributed by atoms with van der Waals surface area (Å²) in [5, 5.41) is 0.976. The van der Waals surface area contributed by atoms with Crippen LogP contribution >= 0.6 is 0 Å². The summed E-state index contributed by atoms with van der Waals surface area (Å²) in [6.07, 6.45) is 1.79. The Bertz CT molecular complexity index is 645. The van der Waals surface area contributed by atoms with Crippen molar-refractivity contribution in [2.45, 2.75) is 13.0 Å². The minimum Gasteiger partial charge on any atom is -0.454 e. The molecular weight excluding hydrogens is 244 g/mol. The number of carbonyl (C=O) groups is 1. The van der Waals surface area contributed by atoms with Crippen molar-refractivity contribution in [3.8, 4) is 11.5 Å². The molecule has 2 heterocycles. The zero-order valence-corrected chi connectivity index (χ0v) is 11.2. The van der Waals surface area contributed by atoms with Crippen molar-refractivity contribution in [2.24, 2.45) is 0 Å². The number of ether oxygens (including phenoxy) is 2. The summed E-state index contributed by atoms with van der Waals surface area (Å²) in [4.78, 5) is 14.3. The van der Waals surface area contributed by atoms with E-state index in [1.165, 1.54) is 0 Å². The van der Waals surface area contributed by atoms with Crippen molar-refractivity contribution in [2.75, 3.05) is 20.9 Å². The van der Waals surface area contributed by atoms with E-state index in [9.17, 15) is 4.79 Å². The molecule has 3 rings (SSSR count). The quantitative estimate of drug-likeness (QED) is 0.828. The first-order valence-electron chi connectivity index (χ1n) is 6.19. The summed E-state index contributed by atoms with van der Waals surface area (Å²) in [5.41, 5.74) is 0.850. The molecule has 0 unspecified atom stereocenters. The first-order chi connectivity index (χ1) is 9.08. The highest BCUT2D eigenvalue weighted by Crippen LogP contribution is 2.36. The van der Waals surface area contributed by atoms with Gasteiger partial charge in [0.2, 0.25) is 12.7 Å². The molecule has 0 N–H and O–H groups in total. The SMILES string of the molecule is C[C@H](C(=O)n1ccc2cc3c(cc21)OCO3)N(C)C. The third-order valence-corrected chi connectivity index (χ3v) is 3.55. The average Bonchev–Trinajstić information content (AvgIpc) is 2.99. The van der Waals surface area contributed by atoms with Gasteiger partial charge in [0.05, 0.1) is 11.6 Å². The summed E-state index contributed by atoms with van der Waals surface area (Å²) >= 11 is 0. The lowest BCUT2D eigenvalue weighted by Gasteiger charge is -2.19.